The molecule has 0 aromatic carbocycles. The molecule has 2 fully saturated rings. The van der Waals surface area contributed by atoms with Gasteiger partial charge in [-0.1, -0.05) is 40.7 Å². The average molecular weight is 635 g/mol. The lowest BCUT2D eigenvalue weighted by Gasteiger charge is -2.38. The molecule has 3 N–H and O–H groups in total. The molecule has 1 saturated carbocycles. The van der Waals surface area contributed by atoms with Crippen LogP contribution in [0.25, 0.3) is 0 Å². The Kier molecular flexibility index (Phi) is 11.7. The van der Waals surface area contributed by atoms with Crippen LogP contribution in [0.5, 0.6) is 0 Å². The Morgan fingerprint density at radius 2 is 1.51 bits per heavy atom. The maximum absolute atomic E-state index is 14.0. The van der Waals surface area contributed by atoms with Crippen molar-refractivity contribution in [3.8, 4) is 0 Å². The minimum Gasteiger partial charge on any atom is -0.460 e. The Bertz CT molecular complexity index is 1170. The first-order valence-corrected chi connectivity index (χ1v) is 15.7. The van der Waals surface area contributed by atoms with Crippen LogP contribution in [0.3, 0.4) is 0 Å². The molecule has 12 nitrogen and oxygen atoms in total. The third-order valence-electron chi connectivity index (χ3n) is 8.09. The molecule has 5 atom stereocenters. The number of likely N-dealkylation sites (tertiary alicyclic amines) is 1. The van der Waals surface area contributed by atoms with E-state index in [2.05, 4.69) is 22.5 Å². The number of hydrogen-bond acceptors (Lipinski definition) is 8. The van der Waals surface area contributed by atoms with Gasteiger partial charge >= 0.3 is 12.1 Å². The summed E-state index contributed by atoms with van der Waals surface area (Å²) >= 11 is 0. The van der Waals surface area contributed by atoms with E-state index in [1.165, 1.54) is 4.90 Å². The maximum atomic E-state index is 14.0. The van der Waals surface area contributed by atoms with Crippen LogP contribution in [-0.4, -0.2) is 82.9 Å². The molecule has 0 radical (unpaired) electrons. The molecule has 45 heavy (non-hydrogen) atoms. The average Bonchev–Trinajstić information content (AvgIpc) is 3.19. The zero-order chi connectivity index (χ0) is 34.7. The van der Waals surface area contributed by atoms with Crippen LogP contribution in [0, 0.1) is 22.7 Å². The number of carbonyl (C=O) groups excluding carboxylic acids is 6. The molecule has 1 saturated heterocycles. The second-order valence-corrected chi connectivity index (χ2v) is 15.7. The molecule has 0 aromatic heterocycles. The Balaban J connectivity index is 2.23. The van der Waals surface area contributed by atoms with Crippen molar-refractivity contribution < 1.29 is 38.2 Å². The van der Waals surface area contributed by atoms with E-state index in [9.17, 15) is 28.8 Å². The molecule has 2 rings (SSSR count). The summed E-state index contributed by atoms with van der Waals surface area (Å²) in [5, 5.41) is 7.88. The van der Waals surface area contributed by atoms with Crippen molar-refractivity contribution in [3.63, 3.8) is 0 Å². The van der Waals surface area contributed by atoms with Crippen molar-refractivity contribution >= 4 is 35.6 Å². The highest BCUT2D eigenvalue weighted by atomic mass is 16.6. The summed E-state index contributed by atoms with van der Waals surface area (Å²) in [5.74, 6) is -3.41. The molecule has 0 bridgehead atoms. The van der Waals surface area contributed by atoms with E-state index in [1.54, 1.807) is 47.6 Å². The summed E-state index contributed by atoms with van der Waals surface area (Å²) in [6, 6.07) is -3.07. The van der Waals surface area contributed by atoms with Gasteiger partial charge in [-0.2, -0.15) is 0 Å². The van der Waals surface area contributed by atoms with Gasteiger partial charge in [0.2, 0.25) is 17.6 Å². The Morgan fingerprint density at radius 1 is 0.933 bits per heavy atom. The van der Waals surface area contributed by atoms with Crippen molar-refractivity contribution in [1.82, 2.24) is 20.9 Å². The van der Waals surface area contributed by atoms with E-state index in [4.69, 9.17) is 9.47 Å². The third kappa shape index (κ3) is 10.3. The first-order valence-electron chi connectivity index (χ1n) is 15.7. The second-order valence-electron chi connectivity index (χ2n) is 15.7. The molecule has 5 unspecified atom stereocenters. The number of Topliss-reactive ketones (excluding diaryl/α,β-unsaturated/α-hetero) is 1. The normalized spacial score (nSPS) is 21.8. The summed E-state index contributed by atoms with van der Waals surface area (Å²) in [7, 11) is 0. The maximum Gasteiger partial charge on any atom is 0.408 e. The fourth-order valence-corrected chi connectivity index (χ4v) is 5.78. The van der Waals surface area contributed by atoms with Crippen molar-refractivity contribution in [2.45, 2.75) is 125 Å². The Labute approximate surface area is 267 Å². The highest BCUT2D eigenvalue weighted by Crippen LogP contribution is 2.65. The van der Waals surface area contributed by atoms with E-state index in [-0.39, 0.29) is 36.6 Å². The van der Waals surface area contributed by atoms with Crippen LogP contribution in [0.15, 0.2) is 12.7 Å². The predicted molar refractivity (Wildman–Crippen MR) is 169 cm³/mol. The SMILES string of the molecule is C=CCCC(NC(=O)C1C2C(CN1C(=O)C(NC(=O)OC(C)(C)C)C(C)(C)C)C2(C)C)C(=O)C(=O)NCCC(=O)OC(C)(C)C. The molecule has 1 heterocycles. The van der Waals surface area contributed by atoms with Crippen LogP contribution in [0.1, 0.15) is 95.4 Å². The lowest BCUT2D eigenvalue weighted by atomic mass is 9.85. The molecule has 254 valence electrons. The number of nitrogens with zero attached hydrogens (tertiary/aromatic N) is 1. The zero-order valence-electron chi connectivity index (χ0n) is 28.9. The van der Waals surface area contributed by atoms with Crippen LogP contribution in [0.4, 0.5) is 4.79 Å². The van der Waals surface area contributed by atoms with Crippen molar-refractivity contribution in [3.05, 3.63) is 12.7 Å². The molecule has 12 heteroatoms. The van der Waals surface area contributed by atoms with Gasteiger partial charge in [0.25, 0.3) is 5.91 Å². The number of ketones is 1. The number of allylic oxidation sites excluding steroid dienone is 1. The van der Waals surface area contributed by atoms with Crippen LogP contribution >= 0.6 is 0 Å². The number of hydrogen-bond donors (Lipinski definition) is 3. The summed E-state index contributed by atoms with van der Waals surface area (Å²) in [4.78, 5) is 80.1. The molecule has 2 aliphatic rings. The van der Waals surface area contributed by atoms with Crippen molar-refractivity contribution in [1.29, 1.82) is 0 Å². The van der Waals surface area contributed by atoms with Gasteiger partial charge in [0.05, 0.1) is 12.5 Å². The number of nitrogens with one attached hydrogen (secondary N) is 3. The molecule has 0 spiro atoms. The topological polar surface area (TPSA) is 160 Å². The third-order valence-corrected chi connectivity index (χ3v) is 8.09. The highest BCUT2D eigenvalue weighted by Gasteiger charge is 2.70. The molecule has 0 aromatic rings. The lowest BCUT2D eigenvalue weighted by molar-refractivity contribution is -0.154. The molecule has 1 aliphatic heterocycles. The quantitative estimate of drug-likeness (QED) is 0.168. The van der Waals surface area contributed by atoms with E-state index in [0.29, 0.717) is 13.0 Å². The molecular formula is C33H54N4O8. The van der Waals surface area contributed by atoms with Gasteiger partial charge in [-0.25, -0.2) is 4.79 Å². The molecular weight excluding hydrogens is 580 g/mol. The zero-order valence-corrected chi connectivity index (χ0v) is 28.9. The smallest absolute Gasteiger partial charge is 0.408 e. The van der Waals surface area contributed by atoms with Gasteiger partial charge in [-0.3, -0.25) is 24.0 Å². The fraction of sp³-hybridized carbons (Fsp3) is 0.758. The number of alkyl carbamates (subject to hydrolysis) is 1. The number of rotatable bonds is 12. The minimum atomic E-state index is -1.17. The van der Waals surface area contributed by atoms with Crippen LogP contribution in [-0.2, 0) is 33.4 Å². The molecule has 1 aliphatic carbocycles. The summed E-state index contributed by atoms with van der Waals surface area (Å²) in [5.41, 5.74) is -2.38. The van der Waals surface area contributed by atoms with E-state index in [0.717, 1.165) is 0 Å². The number of esters is 1. The first-order chi connectivity index (χ1) is 20.4. The summed E-state index contributed by atoms with van der Waals surface area (Å²) in [6.07, 6.45) is 1.18. The van der Waals surface area contributed by atoms with Gasteiger partial charge in [0.15, 0.2) is 0 Å². The van der Waals surface area contributed by atoms with Gasteiger partial charge < -0.3 is 30.3 Å². The minimum absolute atomic E-state index is 0.0535. The number of amides is 4. The van der Waals surface area contributed by atoms with Crippen LogP contribution in [0.2, 0.25) is 0 Å². The monoisotopic (exact) mass is 634 g/mol. The lowest BCUT2D eigenvalue weighted by Crippen LogP contribution is -2.60. The van der Waals surface area contributed by atoms with Crippen molar-refractivity contribution in [2.75, 3.05) is 13.1 Å². The Morgan fingerprint density at radius 3 is 2.02 bits per heavy atom. The largest absolute Gasteiger partial charge is 0.460 e. The standard InChI is InChI=1S/C33H54N4O8/c1-13-14-15-20(24(39)27(41)34-17-16-21(38)44-31(5,6)7)35-26(40)23-22-19(33(22,11)12)18-37(23)28(42)25(30(2,3)4)36-29(43)45-32(8,9)10/h13,19-20,22-23,25H,1,14-18H2,2-12H3,(H,34,41)(H,35,40)(H,36,43). The van der Waals surface area contributed by atoms with Gasteiger partial charge in [-0.05, 0) is 77.0 Å². The predicted octanol–water partition coefficient (Wildman–Crippen LogP) is 3.28. The van der Waals surface area contributed by atoms with E-state index < -0.39 is 70.3 Å². The highest BCUT2D eigenvalue weighted by molar-refractivity contribution is 6.38. The van der Waals surface area contributed by atoms with E-state index >= 15 is 0 Å². The number of carbonyl (C=O) groups is 6. The van der Waals surface area contributed by atoms with Crippen molar-refractivity contribution in [2.24, 2.45) is 22.7 Å². The first kappa shape index (κ1) is 37.7. The summed E-state index contributed by atoms with van der Waals surface area (Å²) in [6.45, 7) is 23.7. The number of piperidine rings is 1. The van der Waals surface area contributed by atoms with E-state index in [1.807, 2.05) is 34.6 Å². The number of fused-ring (bicyclic) bond motifs is 1. The Hall–Kier alpha value is -3.44. The molecule has 4 amide bonds. The van der Waals surface area contributed by atoms with Gasteiger partial charge in [-0.15, -0.1) is 6.58 Å². The summed E-state index contributed by atoms with van der Waals surface area (Å²) < 4.78 is 10.6. The van der Waals surface area contributed by atoms with Crippen LogP contribution < -0.4 is 16.0 Å². The van der Waals surface area contributed by atoms with Gasteiger partial charge in [0.1, 0.15) is 23.3 Å². The second kappa shape index (κ2) is 13.9. The van der Waals surface area contributed by atoms with Gasteiger partial charge in [0, 0.05) is 13.1 Å². The fourth-order valence-electron chi connectivity index (χ4n) is 5.78. The number of ether oxygens (including phenoxy) is 2.